The third-order valence-electron chi connectivity index (χ3n) is 6.13. The summed E-state index contributed by atoms with van der Waals surface area (Å²) < 4.78 is 31.0. The van der Waals surface area contributed by atoms with Crippen LogP contribution in [-0.2, 0) is 16.6 Å². The van der Waals surface area contributed by atoms with E-state index in [1.54, 1.807) is 32.2 Å². The van der Waals surface area contributed by atoms with Crippen LogP contribution in [0.5, 0.6) is 0 Å². The highest BCUT2D eigenvalue weighted by molar-refractivity contribution is 7.89. The molecule has 0 spiro atoms. The lowest BCUT2D eigenvalue weighted by Crippen LogP contribution is -2.34. The molecular formula is C27H33N5O3S2. The van der Waals surface area contributed by atoms with Crippen molar-refractivity contribution in [3.63, 3.8) is 0 Å². The van der Waals surface area contributed by atoms with Crippen LogP contribution in [0.4, 0.5) is 5.13 Å². The summed E-state index contributed by atoms with van der Waals surface area (Å²) in [5, 5.41) is 4.84. The Bertz CT molecular complexity index is 1360. The molecule has 196 valence electrons. The molecule has 0 bridgehead atoms. The molecule has 0 unspecified atom stereocenters. The average molecular weight is 540 g/mol. The predicted octanol–water partition coefficient (Wildman–Crippen LogP) is 5.43. The molecule has 0 fully saturated rings. The summed E-state index contributed by atoms with van der Waals surface area (Å²) in [5.41, 5.74) is 1.24. The summed E-state index contributed by atoms with van der Waals surface area (Å²) in [6.45, 7) is 5.98. The highest BCUT2D eigenvalue weighted by Gasteiger charge is 2.25. The number of sulfonamides is 1. The largest absolute Gasteiger partial charge is 0.282 e. The zero-order valence-corrected chi connectivity index (χ0v) is 22.9. The molecule has 0 aliphatic rings. The van der Waals surface area contributed by atoms with Crippen molar-refractivity contribution >= 4 is 42.6 Å². The van der Waals surface area contributed by atoms with Crippen molar-refractivity contribution in [2.45, 2.75) is 51.0 Å². The number of fused-ring (bicyclic) bond motifs is 1. The third-order valence-corrected chi connectivity index (χ3v) is 9.10. The number of anilines is 1. The molecule has 0 saturated carbocycles. The van der Waals surface area contributed by atoms with E-state index in [4.69, 9.17) is 0 Å². The van der Waals surface area contributed by atoms with E-state index in [-0.39, 0.29) is 10.8 Å². The summed E-state index contributed by atoms with van der Waals surface area (Å²) >= 11 is 1.45. The lowest BCUT2D eigenvalue weighted by atomic mass is 10.2. The fourth-order valence-electron chi connectivity index (χ4n) is 3.99. The van der Waals surface area contributed by atoms with Gasteiger partial charge >= 0.3 is 0 Å². The second kappa shape index (κ2) is 12.4. The molecule has 4 rings (SSSR count). The fourth-order valence-corrected chi connectivity index (χ4v) is 6.50. The number of benzene rings is 2. The van der Waals surface area contributed by atoms with E-state index in [9.17, 15) is 13.2 Å². The zero-order chi connectivity index (χ0) is 26.3. The maximum Gasteiger partial charge on any atom is 0.260 e. The fraction of sp³-hybridized carbons (Fsp3) is 0.370. The smallest absolute Gasteiger partial charge is 0.260 e. The van der Waals surface area contributed by atoms with Crippen molar-refractivity contribution in [1.82, 2.24) is 19.1 Å². The van der Waals surface area contributed by atoms with Gasteiger partial charge in [-0.15, -0.1) is 0 Å². The standard InChI is InChI=1S/C27H33N5O3S2/c1-3-5-18-31(19-6-4-2)37(34,35)23-14-12-22(13-15-23)26(33)32(21-20-30-17-9-16-28-30)27-29-24-10-7-8-11-25(24)36-27/h7-17H,3-6,18-21H2,1-2H3. The van der Waals surface area contributed by atoms with Crippen LogP contribution < -0.4 is 4.90 Å². The Balaban J connectivity index is 1.59. The second-order valence-corrected chi connectivity index (χ2v) is 11.8. The molecule has 0 aliphatic heterocycles. The molecule has 0 radical (unpaired) electrons. The number of hydrogen-bond acceptors (Lipinski definition) is 6. The molecule has 2 aromatic heterocycles. The molecule has 0 aliphatic carbocycles. The van der Waals surface area contributed by atoms with Gasteiger partial charge in [0, 0.05) is 37.6 Å². The van der Waals surface area contributed by atoms with Crippen LogP contribution in [0.15, 0.2) is 71.9 Å². The van der Waals surface area contributed by atoms with Gasteiger partial charge < -0.3 is 0 Å². The molecule has 10 heteroatoms. The van der Waals surface area contributed by atoms with Crippen molar-refractivity contribution in [3.05, 3.63) is 72.6 Å². The minimum atomic E-state index is -3.63. The Morgan fingerprint density at radius 3 is 2.27 bits per heavy atom. The molecule has 0 saturated heterocycles. The Morgan fingerprint density at radius 2 is 1.65 bits per heavy atom. The molecule has 8 nitrogen and oxygen atoms in total. The highest BCUT2D eigenvalue weighted by Crippen LogP contribution is 2.30. The van der Waals surface area contributed by atoms with Gasteiger partial charge in [0.25, 0.3) is 5.91 Å². The van der Waals surface area contributed by atoms with Gasteiger partial charge in [0.2, 0.25) is 10.0 Å². The van der Waals surface area contributed by atoms with E-state index in [1.165, 1.54) is 23.5 Å². The molecule has 1 amide bonds. The van der Waals surface area contributed by atoms with Crippen molar-refractivity contribution in [2.75, 3.05) is 24.5 Å². The minimum absolute atomic E-state index is 0.208. The summed E-state index contributed by atoms with van der Waals surface area (Å²) in [5.74, 6) is -0.232. The first-order valence-electron chi connectivity index (χ1n) is 12.7. The van der Waals surface area contributed by atoms with Crippen molar-refractivity contribution < 1.29 is 13.2 Å². The number of carbonyl (C=O) groups excluding carboxylic acids is 1. The van der Waals surface area contributed by atoms with Crippen molar-refractivity contribution in [3.8, 4) is 0 Å². The van der Waals surface area contributed by atoms with Gasteiger partial charge in [0.1, 0.15) is 0 Å². The summed E-state index contributed by atoms with van der Waals surface area (Å²) in [6.07, 6.45) is 7.02. The number of para-hydroxylation sites is 1. The number of nitrogens with zero attached hydrogens (tertiary/aromatic N) is 5. The average Bonchev–Trinajstić information content (AvgIpc) is 3.59. The number of carbonyl (C=O) groups is 1. The quantitative estimate of drug-likeness (QED) is 0.226. The Morgan fingerprint density at radius 1 is 0.946 bits per heavy atom. The minimum Gasteiger partial charge on any atom is -0.282 e. The molecule has 2 aromatic carbocycles. The zero-order valence-electron chi connectivity index (χ0n) is 21.3. The van der Waals surface area contributed by atoms with Crippen LogP contribution in [0.3, 0.4) is 0 Å². The van der Waals surface area contributed by atoms with Crippen LogP contribution in [0.25, 0.3) is 10.2 Å². The Kier molecular flexibility index (Phi) is 9.07. The van der Waals surface area contributed by atoms with Crippen LogP contribution in [0, 0.1) is 0 Å². The van der Waals surface area contributed by atoms with Gasteiger partial charge in [-0.3, -0.25) is 14.4 Å². The molecule has 4 aromatic rings. The maximum atomic E-state index is 13.7. The second-order valence-electron chi connectivity index (χ2n) is 8.83. The summed E-state index contributed by atoms with van der Waals surface area (Å²) in [6, 6.07) is 15.9. The molecule has 0 atom stereocenters. The maximum absolute atomic E-state index is 13.7. The number of unbranched alkanes of at least 4 members (excludes halogenated alkanes) is 2. The first-order chi connectivity index (χ1) is 17.9. The molecule has 37 heavy (non-hydrogen) atoms. The summed E-state index contributed by atoms with van der Waals surface area (Å²) in [4.78, 5) is 20.2. The van der Waals surface area contributed by atoms with Gasteiger partial charge in [0.05, 0.1) is 21.7 Å². The number of amides is 1. The Hall–Kier alpha value is -3.08. The number of thiazole rings is 1. The molecular weight excluding hydrogens is 506 g/mol. The lowest BCUT2D eigenvalue weighted by Gasteiger charge is -2.22. The number of rotatable bonds is 13. The van der Waals surface area contributed by atoms with Crippen LogP contribution in [0.2, 0.25) is 0 Å². The first-order valence-corrected chi connectivity index (χ1v) is 14.9. The van der Waals surface area contributed by atoms with E-state index in [2.05, 4.69) is 23.9 Å². The highest BCUT2D eigenvalue weighted by atomic mass is 32.2. The predicted molar refractivity (Wildman–Crippen MR) is 149 cm³/mol. The first kappa shape index (κ1) is 27.0. The van der Waals surface area contributed by atoms with E-state index in [0.29, 0.717) is 36.9 Å². The van der Waals surface area contributed by atoms with Gasteiger partial charge in [0.15, 0.2) is 5.13 Å². The van der Waals surface area contributed by atoms with Crippen LogP contribution in [-0.4, -0.2) is 53.0 Å². The van der Waals surface area contributed by atoms with Crippen molar-refractivity contribution in [1.29, 1.82) is 0 Å². The monoisotopic (exact) mass is 539 g/mol. The number of aromatic nitrogens is 3. The molecule has 0 N–H and O–H groups in total. The van der Waals surface area contributed by atoms with E-state index < -0.39 is 10.0 Å². The van der Waals surface area contributed by atoms with Crippen LogP contribution in [0.1, 0.15) is 49.9 Å². The SMILES string of the molecule is CCCCN(CCCC)S(=O)(=O)c1ccc(C(=O)N(CCn2cccn2)c2nc3ccccc3s2)cc1. The van der Waals surface area contributed by atoms with Crippen molar-refractivity contribution in [2.24, 2.45) is 0 Å². The van der Waals surface area contributed by atoms with Gasteiger partial charge in [-0.05, 0) is 55.3 Å². The van der Waals surface area contributed by atoms with E-state index in [0.717, 1.165) is 35.9 Å². The van der Waals surface area contributed by atoms with Gasteiger partial charge in [-0.2, -0.15) is 9.40 Å². The Labute approximate surface area is 222 Å². The van der Waals surface area contributed by atoms with E-state index in [1.807, 2.05) is 36.5 Å². The molecule has 2 heterocycles. The van der Waals surface area contributed by atoms with Gasteiger partial charge in [-0.25, -0.2) is 13.4 Å². The van der Waals surface area contributed by atoms with Crippen LogP contribution >= 0.6 is 11.3 Å². The van der Waals surface area contributed by atoms with E-state index >= 15 is 0 Å². The summed E-state index contributed by atoms with van der Waals surface area (Å²) in [7, 11) is -3.63. The number of hydrogen-bond donors (Lipinski definition) is 0. The van der Waals surface area contributed by atoms with Gasteiger partial charge in [-0.1, -0.05) is 50.2 Å². The topological polar surface area (TPSA) is 88.4 Å². The normalized spacial score (nSPS) is 11.9. The lowest BCUT2D eigenvalue weighted by molar-refractivity contribution is 0.0985. The third kappa shape index (κ3) is 6.44.